The summed E-state index contributed by atoms with van der Waals surface area (Å²) in [5, 5.41) is 3.54. The molecule has 1 unspecified atom stereocenters. The molecule has 0 spiro atoms. The zero-order valence-corrected chi connectivity index (χ0v) is 11.0. The van der Waals surface area contributed by atoms with Crippen molar-refractivity contribution in [2.24, 2.45) is 5.92 Å². The maximum Gasteiger partial charge on any atom is 0.00980 e. The molecule has 1 heterocycles. The van der Waals surface area contributed by atoms with E-state index in [1.165, 1.54) is 58.2 Å². The van der Waals surface area contributed by atoms with Crippen LogP contribution in [0, 0.1) is 5.92 Å². The first kappa shape index (κ1) is 12.4. The van der Waals surface area contributed by atoms with Crippen LogP contribution in [0.4, 0.5) is 0 Å². The molecule has 2 fully saturated rings. The molecule has 1 aliphatic heterocycles. The van der Waals surface area contributed by atoms with Crippen LogP contribution >= 0.6 is 0 Å². The van der Waals surface area contributed by atoms with Gasteiger partial charge in [0.15, 0.2) is 0 Å². The summed E-state index contributed by atoms with van der Waals surface area (Å²) in [4.78, 5) is 2.78. The van der Waals surface area contributed by atoms with E-state index < -0.39 is 0 Å². The molecule has 0 bridgehead atoms. The van der Waals surface area contributed by atoms with Crippen molar-refractivity contribution in [3.8, 4) is 0 Å². The molecule has 2 rings (SSSR count). The fourth-order valence-corrected chi connectivity index (χ4v) is 3.40. The SMILES string of the molecule is CC(C)N(CC1CCCNC1)C1CCCC1. The molecule has 1 aliphatic carbocycles. The van der Waals surface area contributed by atoms with Crippen molar-refractivity contribution in [2.75, 3.05) is 19.6 Å². The molecular formula is C14H28N2. The van der Waals surface area contributed by atoms with Crippen molar-refractivity contribution < 1.29 is 0 Å². The quantitative estimate of drug-likeness (QED) is 0.790. The van der Waals surface area contributed by atoms with Crippen LogP contribution in [0.15, 0.2) is 0 Å². The molecule has 2 aliphatic rings. The highest BCUT2D eigenvalue weighted by Crippen LogP contribution is 2.26. The first-order valence-electron chi connectivity index (χ1n) is 7.24. The van der Waals surface area contributed by atoms with Gasteiger partial charge in [0.1, 0.15) is 0 Å². The molecule has 1 saturated carbocycles. The summed E-state index contributed by atoms with van der Waals surface area (Å²) in [6.07, 6.45) is 8.61. The van der Waals surface area contributed by atoms with Crippen LogP contribution in [0.3, 0.4) is 0 Å². The number of piperidine rings is 1. The summed E-state index contributed by atoms with van der Waals surface area (Å²) >= 11 is 0. The second-order valence-corrected chi connectivity index (χ2v) is 5.94. The summed E-state index contributed by atoms with van der Waals surface area (Å²) in [6, 6.07) is 1.62. The van der Waals surface area contributed by atoms with Gasteiger partial charge in [0.05, 0.1) is 0 Å². The van der Waals surface area contributed by atoms with Crippen LogP contribution < -0.4 is 5.32 Å². The number of nitrogens with one attached hydrogen (secondary N) is 1. The van der Waals surface area contributed by atoms with Crippen LogP contribution in [0.5, 0.6) is 0 Å². The third kappa shape index (κ3) is 3.21. The second-order valence-electron chi connectivity index (χ2n) is 5.94. The third-order valence-electron chi connectivity index (χ3n) is 4.32. The highest BCUT2D eigenvalue weighted by atomic mass is 15.2. The molecule has 0 radical (unpaired) electrons. The Bertz CT molecular complexity index is 191. The molecule has 0 amide bonds. The van der Waals surface area contributed by atoms with Gasteiger partial charge in [0, 0.05) is 18.6 Å². The van der Waals surface area contributed by atoms with Gasteiger partial charge < -0.3 is 5.32 Å². The van der Waals surface area contributed by atoms with Crippen LogP contribution in [0.1, 0.15) is 52.4 Å². The first-order chi connectivity index (χ1) is 7.77. The van der Waals surface area contributed by atoms with Crippen LogP contribution in [0.25, 0.3) is 0 Å². The van der Waals surface area contributed by atoms with Gasteiger partial charge in [-0.15, -0.1) is 0 Å². The Balaban J connectivity index is 1.85. The smallest absolute Gasteiger partial charge is 0.00980 e. The predicted octanol–water partition coefficient (Wildman–Crippen LogP) is 2.64. The summed E-state index contributed by atoms with van der Waals surface area (Å²) in [6.45, 7) is 8.55. The average molecular weight is 224 g/mol. The molecule has 1 atom stereocenters. The summed E-state index contributed by atoms with van der Waals surface area (Å²) in [5.74, 6) is 0.900. The fraction of sp³-hybridized carbons (Fsp3) is 1.00. The van der Waals surface area contributed by atoms with Gasteiger partial charge in [-0.05, 0) is 58.5 Å². The molecule has 1 saturated heterocycles. The van der Waals surface area contributed by atoms with E-state index in [9.17, 15) is 0 Å². The van der Waals surface area contributed by atoms with Gasteiger partial charge in [-0.2, -0.15) is 0 Å². The van der Waals surface area contributed by atoms with E-state index in [4.69, 9.17) is 0 Å². The number of hydrogen-bond donors (Lipinski definition) is 1. The molecule has 94 valence electrons. The Labute approximate surface area is 101 Å². The van der Waals surface area contributed by atoms with Gasteiger partial charge in [-0.1, -0.05) is 12.8 Å². The Hall–Kier alpha value is -0.0800. The summed E-state index contributed by atoms with van der Waals surface area (Å²) in [5.41, 5.74) is 0. The fourth-order valence-electron chi connectivity index (χ4n) is 3.40. The van der Waals surface area contributed by atoms with Crippen molar-refractivity contribution in [3.05, 3.63) is 0 Å². The third-order valence-corrected chi connectivity index (χ3v) is 4.32. The van der Waals surface area contributed by atoms with Crippen LogP contribution in [-0.2, 0) is 0 Å². The van der Waals surface area contributed by atoms with E-state index in [0.717, 1.165) is 18.0 Å². The van der Waals surface area contributed by atoms with Crippen molar-refractivity contribution >= 4 is 0 Å². The zero-order valence-electron chi connectivity index (χ0n) is 11.0. The lowest BCUT2D eigenvalue weighted by molar-refractivity contribution is 0.120. The molecule has 2 heteroatoms. The number of nitrogens with zero attached hydrogens (tertiary/aromatic N) is 1. The minimum Gasteiger partial charge on any atom is -0.316 e. The normalized spacial score (nSPS) is 28.1. The molecular weight excluding hydrogens is 196 g/mol. The molecule has 0 aromatic carbocycles. The lowest BCUT2D eigenvalue weighted by Crippen LogP contribution is -2.45. The van der Waals surface area contributed by atoms with Crippen LogP contribution in [0.2, 0.25) is 0 Å². The molecule has 2 nitrogen and oxygen atoms in total. The van der Waals surface area contributed by atoms with E-state index in [0.29, 0.717) is 0 Å². The molecule has 0 aromatic rings. The highest BCUT2D eigenvalue weighted by molar-refractivity contribution is 4.83. The van der Waals surface area contributed by atoms with Crippen molar-refractivity contribution in [2.45, 2.75) is 64.5 Å². The maximum atomic E-state index is 3.54. The lowest BCUT2D eigenvalue weighted by atomic mass is 9.97. The first-order valence-corrected chi connectivity index (χ1v) is 7.24. The van der Waals surface area contributed by atoms with E-state index in [-0.39, 0.29) is 0 Å². The van der Waals surface area contributed by atoms with Gasteiger partial charge >= 0.3 is 0 Å². The Kier molecular flexibility index (Phi) is 4.66. The average Bonchev–Trinajstić information content (AvgIpc) is 2.80. The van der Waals surface area contributed by atoms with Crippen molar-refractivity contribution in [1.82, 2.24) is 10.2 Å². The standard InChI is InChI=1S/C14H28N2/c1-12(2)16(14-7-3-4-8-14)11-13-6-5-9-15-10-13/h12-15H,3-11H2,1-2H3. The topological polar surface area (TPSA) is 15.3 Å². The second kappa shape index (κ2) is 6.02. The van der Waals surface area contributed by atoms with Crippen molar-refractivity contribution in [3.63, 3.8) is 0 Å². The molecule has 16 heavy (non-hydrogen) atoms. The van der Waals surface area contributed by atoms with E-state index in [1.807, 2.05) is 0 Å². The molecule has 1 N–H and O–H groups in total. The number of rotatable bonds is 4. The largest absolute Gasteiger partial charge is 0.316 e. The van der Waals surface area contributed by atoms with E-state index >= 15 is 0 Å². The highest BCUT2D eigenvalue weighted by Gasteiger charge is 2.27. The van der Waals surface area contributed by atoms with Gasteiger partial charge in [-0.25, -0.2) is 0 Å². The van der Waals surface area contributed by atoms with E-state index in [1.54, 1.807) is 0 Å². The zero-order chi connectivity index (χ0) is 11.4. The lowest BCUT2D eigenvalue weighted by Gasteiger charge is -2.37. The Morgan fingerprint density at radius 1 is 1.12 bits per heavy atom. The predicted molar refractivity (Wildman–Crippen MR) is 69.7 cm³/mol. The minimum absolute atomic E-state index is 0.727. The van der Waals surface area contributed by atoms with Gasteiger partial charge in [0.2, 0.25) is 0 Å². The van der Waals surface area contributed by atoms with Gasteiger partial charge in [0.25, 0.3) is 0 Å². The Morgan fingerprint density at radius 3 is 2.44 bits per heavy atom. The van der Waals surface area contributed by atoms with Gasteiger partial charge in [-0.3, -0.25) is 4.90 Å². The summed E-state index contributed by atoms with van der Waals surface area (Å²) < 4.78 is 0. The van der Waals surface area contributed by atoms with E-state index in [2.05, 4.69) is 24.1 Å². The van der Waals surface area contributed by atoms with Crippen LogP contribution in [-0.4, -0.2) is 36.6 Å². The summed E-state index contributed by atoms with van der Waals surface area (Å²) in [7, 11) is 0. The molecule has 0 aromatic heterocycles. The minimum atomic E-state index is 0.727. The number of hydrogen-bond acceptors (Lipinski definition) is 2. The van der Waals surface area contributed by atoms with Crippen molar-refractivity contribution in [1.29, 1.82) is 0 Å². The Morgan fingerprint density at radius 2 is 1.88 bits per heavy atom. The maximum absolute atomic E-state index is 3.54. The monoisotopic (exact) mass is 224 g/mol.